The minimum absolute atomic E-state index is 0. The van der Waals surface area contributed by atoms with Crippen LogP contribution < -0.4 is 5.11 Å². The van der Waals surface area contributed by atoms with Gasteiger partial charge in [-0.15, -0.1) is 0 Å². The van der Waals surface area contributed by atoms with Crippen molar-refractivity contribution in [2.45, 2.75) is 43.7 Å². The summed E-state index contributed by atoms with van der Waals surface area (Å²) in [6.07, 6.45) is 3.80. The molecule has 0 radical (unpaired) electrons. The summed E-state index contributed by atoms with van der Waals surface area (Å²) in [7, 11) is 1.46. The van der Waals surface area contributed by atoms with E-state index in [0.29, 0.717) is 40.7 Å². The van der Waals surface area contributed by atoms with E-state index in [-0.39, 0.29) is 61.9 Å². The Kier molecular flexibility index (Phi) is 15.9. The number of ether oxygens (including phenoxy) is 1. The van der Waals surface area contributed by atoms with Crippen LogP contribution in [0, 0.1) is 5.92 Å². The van der Waals surface area contributed by atoms with E-state index < -0.39 is 0 Å². The van der Waals surface area contributed by atoms with Crippen LogP contribution in [0.4, 0.5) is 0 Å². The monoisotopic (exact) mass is 657 g/mol. The first-order chi connectivity index (χ1) is 16.4. The number of carbonyl (C=O) groups excluding carboxylic acids is 1. The number of hydrogen-bond acceptors (Lipinski definition) is 8. The average Bonchev–Trinajstić information content (AvgIpc) is 3.09. The number of piperidine rings is 1. The van der Waals surface area contributed by atoms with Crippen molar-refractivity contribution in [1.82, 2.24) is 9.80 Å². The number of hydrogen-bond donors (Lipinski definition) is 0. The van der Waals surface area contributed by atoms with Gasteiger partial charge >= 0.3 is 26.1 Å². The minimum Gasteiger partial charge on any atom is -2.00 e. The third-order valence-electron chi connectivity index (χ3n) is 6.95. The van der Waals surface area contributed by atoms with Gasteiger partial charge in [-0.25, -0.2) is 0 Å². The molecule has 2 aliphatic rings. The molecule has 0 N–H and O–H groups in total. The van der Waals surface area contributed by atoms with E-state index in [1.54, 1.807) is 6.07 Å². The molecule has 1 aromatic rings. The zero-order valence-corrected chi connectivity index (χ0v) is 25.2. The van der Waals surface area contributed by atoms with E-state index in [9.17, 15) is 9.90 Å². The Hall–Kier alpha value is -0.0306. The second-order valence-electron chi connectivity index (χ2n) is 8.91. The number of nitrogens with zero attached hydrogens (tertiary/aromatic N) is 3. The van der Waals surface area contributed by atoms with Crippen molar-refractivity contribution in [3.8, 4) is 0 Å². The fraction of sp³-hybridized carbons (Fsp3) is 0.667. The SMILES string of the molecule is COC(=O)[C@H]1C(c2ccc(Cl)c(Cl)c2)CC2CCC1N2CCCN(CC[S-])CC([O-])=NCC[S-].[O-2].[Tc+5]. The molecule has 0 aromatic heterocycles. The predicted molar refractivity (Wildman–Crippen MR) is 141 cm³/mol. The Balaban J connectivity index is 0.00000324. The van der Waals surface area contributed by atoms with Crippen LogP contribution in [-0.4, -0.2) is 85.1 Å². The maximum atomic E-state index is 12.9. The van der Waals surface area contributed by atoms with Crippen molar-refractivity contribution in [3.63, 3.8) is 0 Å². The number of rotatable bonds is 12. The van der Waals surface area contributed by atoms with Crippen molar-refractivity contribution >= 4 is 60.3 Å². The van der Waals surface area contributed by atoms with Crippen molar-refractivity contribution in [1.29, 1.82) is 0 Å². The molecule has 2 bridgehead atoms. The largest absolute Gasteiger partial charge is 5.00 e. The normalized spacial score (nSPS) is 23.8. The summed E-state index contributed by atoms with van der Waals surface area (Å²) in [6, 6.07) is 6.20. The number of esters is 1. The number of fused-ring (bicyclic) bond motifs is 2. The van der Waals surface area contributed by atoms with Gasteiger partial charge < -0.3 is 50.5 Å². The van der Waals surface area contributed by atoms with Crippen molar-refractivity contribution in [3.05, 3.63) is 33.8 Å². The van der Waals surface area contributed by atoms with E-state index in [4.69, 9.17) is 53.2 Å². The quantitative estimate of drug-likeness (QED) is 0.147. The van der Waals surface area contributed by atoms with Gasteiger partial charge in [0, 0.05) is 31.1 Å². The van der Waals surface area contributed by atoms with E-state index in [1.807, 2.05) is 12.1 Å². The molecule has 2 heterocycles. The molecule has 0 amide bonds. The van der Waals surface area contributed by atoms with Crippen molar-refractivity contribution in [2.24, 2.45) is 10.9 Å². The van der Waals surface area contributed by atoms with Crippen LogP contribution in [0.5, 0.6) is 0 Å². The van der Waals surface area contributed by atoms with Crippen molar-refractivity contribution in [2.75, 3.05) is 51.3 Å². The van der Waals surface area contributed by atoms with Gasteiger partial charge in [0.1, 0.15) is 0 Å². The zero-order chi connectivity index (χ0) is 24.7. The molecule has 0 spiro atoms. The molecule has 0 saturated carbocycles. The molecule has 2 saturated heterocycles. The summed E-state index contributed by atoms with van der Waals surface area (Å²) < 4.78 is 5.25. The third-order valence-corrected chi connectivity index (χ3v) is 8.05. The topological polar surface area (TPSA) is 96.7 Å². The number of aliphatic imine (C=N–C) groups is 1. The second-order valence-corrected chi connectivity index (χ2v) is 10.5. The van der Waals surface area contributed by atoms with Gasteiger partial charge in [-0.05, 0) is 68.9 Å². The van der Waals surface area contributed by atoms with Gasteiger partial charge in [0.15, 0.2) is 0 Å². The Labute approximate surface area is 248 Å². The fourth-order valence-electron chi connectivity index (χ4n) is 5.49. The van der Waals surface area contributed by atoms with Gasteiger partial charge in [-0.2, -0.15) is 11.5 Å². The molecule has 7 nitrogen and oxygen atoms in total. The molecule has 2 fully saturated rings. The van der Waals surface area contributed by atoms with Gasteiger partial charge in [0.25, 0.3) is 0 Å². The van der Waals surface area contributed by atoms with Crippen LogP contribution >= 0.6 is 23.2 Å². The summed E-state index contributed by atoms with van der Waals surface area (Å²) in [4.78, 5) is 21.5. The second kappa shape index (κ2) is 16.8. The average molecular weight is 660 g/mol. The number of benzene rings is 1. The van der Waals surface area contributed by atoms with Crippen LogP contribution in [0.25, 0.3) is 0 Å². The van der Waals surface area contributed by atoms with Crippen LogP contribution in [0.15, 0.2) is 23.2 Å². The smallest absolute Gasteiger partial charge is 2.00 e. The van der Waals surface area contributed by atoms with E-state index in [2.05, 4.69) is 14.8 Å². The van der Waals surface area contributed by atoms with Crippen LogP contribution in [-0.2, 0) is 60.4 Å². The standard InChI is InChI=1S/C24H35Cl2N3O3S2.O.Tc/c1-32-24(31)23-18(16-3-5-19(25)20(26)13-16)14-17-4-6-21(23)29(17)9-2-8-28(10-12-34)15-22(30)27-7-11-33;;/h3,5,13,17-18,21,23,33-34H,2,4,6-12,14-15H2,1H3,(H,27,30);;/q;-2;+5/p-3/t17?,18?,21?,23-;;/m0../s1. The maximum Gasteiger partial charge on any atom is 5.00 e. The molecule has 2 aliphatic heterocycles. The number of carbonyl (C=O) groups is 1. The molecule has 12 heteroatoms. The van der Waals surface area contributed by atoms with Gasteiger partial charge in [-0.1, -0.05) is 29.3 Å². The first kappa shape index (κ1) is 34.0. The van der Waals surface area contributed by atoms with Gasteiger partial charge in [0.2, 0.25) is 0 Å². The molecular weight excluding hydrogens is 627 g/mol. The number of halogens is 2. The maximum absolute atomic E-state index is 12.9. The Morgan fingerprint density at radius 2 is 1.97 bits per heavy atom. The van der Waals surface area contributed by atoms with Crippen LogP contribution in [0.2, 0.25) is 10.0 Å². The molecule has 36 heavy (non-hydrogen) atoms. The molecule has 3 rings (SSSR count). The third kappa shape index (κ3) is 8.75. The van der Waals surface area contributed by atoms with Crippen molar-refractivity contribution < 1.29 is 40.2 Å². The van der Waals surface area contributed by atoms with Crippen LogP contribution in [0.3, 0.4) is 0 Å². The Morgan fingerprint density at radius 3 is 2.61 bits per heavy atom. The first-order valence-electron chi connectivity index (χ1n) is 11.8. The minimum atomic E-state index is -0.247. The summed E-state index contributed by atoms with van der Waals surface area (Å²) in [5, 5.41) is 13.1. The Morgan fingerprint density at radius 1 is 1.22 bits per heavy atom. The summed E-state index contributed by atoms with van der Waals surface area (Å²) in [5.74, 6) is 0.517. The van der Waals surface area contributed by atoms with E-state index in [0.717, 1.165) is 44.3 Å². The summed E-state index contributed by atoms with van der Waals surface area (Å²) in [5.41, 5.74) is 1.04. The summed E-state index contributed by atoms with van der Waals surface area (Å²) >= 11 is 22.4. The fourth-order valence-corrected chi connectivity index (χ4v) is 6.15. The molecule has 4 atom stereocenters. The van der Waals surface area contributed by atoms with E-state index >= 15 is 0 Å². The summed E-state index contributed by atoms with van der Waals surface area (Å²) in [6.45, 7) is 2.98. The molecular formula is C24H32Cl2N3O4S2Tc. The number of methoxy groups -OCH3 is 1. The molecule has 200 valence electrons. The predicted octanol–water partition coefficient (Wildman–Crippen LogP) is 2.53. The molecule has 3 unspecified atom stereocenters. The van der Waals surface area contributed by atoms with Gasteiger partial charge in [0.05, 0.1) is 23.1 Å². The van der Waals surface area contributed by atoms with E-state index in [1.165, 1.54) is 7.11 Å². The molecule has 1 aromatic carbocycles. The Bertz CT molecular complexity index is 871. The molecule has 0 aliphatic carbocycles. The van der Waals surface area contributed by atoms with Gasteiger partial charge in [-0.3, -0.25) is 9.69 Å². The zero-order valence-electron chi connectivity index (χ0n) is 20.2. The van der Waals surface area contributed by atoms with Crippen LogP contribution in [0.1, 0.15) is 37.2 Å². The first-order valence-corrected chi connectivity index (χ1v) is 13.7.